The first-order chi connectivity index (χ1) is 7.22. The molecule has 0 amide bonds. The molecule has 0 saturated carbocycles. The average molecular weight is 203 g/mol. The number of nitrogen functional groups attached to an aromatic ring is 1. The Labute approximate surface area is 91.1 Å². The van der Waals surface area contributed by atoms with Crippen LogP contribution < -0.4 is 10.6 Å². The van der Waals surface area contributed by atoms with Crippen LogP contribution in [0.4, 0.5) is 11.4 Å². The minimum atomic E-state index is -0.0724. The summed E-state index contributed by atoms with van der Waals surface area (Å²) in [5.41, 5.74) is 7.48. The molecule has 1 aromatic carbocycles. The molecule has 1 rings (SSSR count). The minimum Gasteiger partial charge on any atom is -0.399 e. The van der Waals surface area contributed by atoms with Crippen molar-refractivity contribution in [3.8, 4) is 6.07 Å². The molecule has 0 bridgehead atoms. The van der Waals surface area contributed by atoms with Crippen LogP contribution in [0.15, 0.2) is 24.3 Å². The van der Waals surface area contributed by atoms with E-state index in [1.807, 2.05) is 38.1 Å². The third-order valence-corrected chi connectivity index (χ3v) is 2.45. The van der Waals surface area contributed by atoms with Crippen molar-refractivity contribution < 1.29 is 0 Å². The molecule has 1 unspecified atom stereocenters. The molecule has 0 aliphatic rings. The Morgan fingerprint density at radius 2 is 2.20 bits per heavy atom. The highest BCUT2D eigenvalue weighted by molar-refractivity contribution is 5.57. The molecule has 3 heteroatoms. The molecule has 1 aromatic rings. The maximum atomic E-state index is 9.04. The minimum absolute atomic E-state index is 0.0724. The highest BCUT2D eigenvalue weighted by atomic mass is 15.2. The zero-order chi connectivity index (χ0) is 11.3. The number of nitrogens with two attached hydrogens (primary N) is 1. The van der Waals surface area contributed by atoms with Gasteiger partial charge in [-0.25, -0.2) is 0 Å². The fourth-order valence-corrected chi connectivity index (χ4v) is 1.67. The fraction of sp³-hybridized carbons (Fsp3) is 0.417. The van der Waals surface area contributed by atoms with Gasteiger partial charge in [0.05, 0.1) is 6.07 Å². The van der Waals surface area contributed by atoms with E-state index in [2.05, 4.69) is 11.0 Å². The first kappa shape index (κ1) is 11.4. The Kier molecular flexibility index (Phi) is 3.99. The van der Waals surface area contributed by atoms with Crippen molar-refractivity contribution in [2.24, 2.45) is 0 Å². The number of rotatable bonds is 4. The summed E-state index contributed by atoms with van der Waals surface area (Å²) < 4.78 is 0. The first-order valence-electron chi connectivity index (χ1n) is 5.24. The molecule has 0 aliphatic heterocycles. The Hall–Kier alpha value is -1.69. The van der Waals surface area contributed by atoms with Crippen molar-refractivity contribution in [1.29, 1.82) is 5.26 Å². The Bertz CT molecular complexity index is 354. The molecule has 0 fully saturated rings. The van der Waals surface area contributed by atoms with Gasteiger partial charge >= 0.3 is 0 Å². The number of nitriles is 1. The lowest BCUT2D eigenvalue weighted by atomic mass is 10.1. The summed E-state index contributed by atoms with van der Waals surface area (Å²) in [4.78, 5) is 2.07. The smallest absolute Gasteiger partial charge is 0.116 e. The summed E-state index contributed by atoms with van der Waals surface area (Å²) in [7, 11) is 0. The van der Waals surface area contributed by atoms with E-state index >= 15 is 0 Å². The fourth-order valence-electron chi connectivity index (χ4n) is 1.67. The number of hydrogen-bond donors (Lipinski definition) is 1. The highest BCUT2D eigenvalue weighted by Crippen LogP contribution is 2.20. The van der Waals surface area contributed by atoms with E-state index < -0.39 is 0 Å². The summed E-state index contributed by atoms with van der Waals surface area (Å²) in [5, 5.41) is 9.04. The van der Waals surface area contributed by atoms with Crippen molar-refractivity contribution in [3.63, 3.8) is 0 Å². The highest BCUT2D eigenvalue weighted by Gasteiger charge is 2.14. The molecule has 0 saturated heterocycles. The third kappa shape index (κ3) is 2.63. The largest absolute Gasteiger partial charge is 0.399 e. The molecular formula is C12H17N3. The number of nitrogens with zero attached hydrogens (tertiary/aromatic N) is 2. The van der Waals surface area contributed by atoms with Gasteiger partial charge in [0, 0.05) is 17.9 Å². The zero-order valence-corrected chi connectivity index (χ0v) is 9.27. The lowest BCUT2D eigenvalue weighted by molar-refractivity contribution is 0.691. The van der Waals surface area contributed by atoms with Crippen LogP contribution in [-0.2, 0) is 0 Å². The molecule has 0 aliphatic carbocycles. The van der Waals surface area contributed by atoms with Crippen molar-refractivity contribution in [2.45, 2.75) is 26.3 Å². The summed E-state index contributed by atoms with van der Waals surface area (Å²) in [6.07, 6.45) is 0.819. The molecule has 0 aromatic heterocycles. The normalized spacial score (nSPS) is 11.8. The van der Waals surface area contributed by atoms with E-state index in [4.69, 9.17) is 11.0 Å². The molecule has 0 spiro atoms. The van der Waals surface area contributed by atoms with Crippen LogP contribution in [0.3, 0.4) is 0 Å². The van der Waals surface area contributed by atoms with Gasteiger partial charge in [0.25, 0.3) is 0 Å². The van der Waals surface area contributed by atoms with Gasteiger partial charge < -0.3 is 10.6 Å². The van der Waals surface area contributed by atoms with Crippen molar-refractivity contribution >= 4 is 11.4 Å². The van der Waals surface area contributed by atoms with Crippen LogP contribution in [-0.4, -0.2) is 12.6 Å². The lowest BCUT2D eigenvalue weighted by Gasteiger charge is -2.27. The second kappa shape index (κ2) is 5.26. The zero-order valence-electron chi connectivity index (χ0n) is 9.27. The second-order valence-corrected chi connectivity index (χ2v) is 3.43. The maximum absolute atomic E-state index is 9.04. The van der Waals surface area contributed by atoms with Crippen LogP contribution in [0.25, 0.3) is 0 Å². The topological polar surface area (TPSA) is 53.0 Å². The van der Waals surface area contributed by atoms with Crippen LogP contribution in [0.2, 0.25) is 0 Å². The predicted octanol–water partition coefficient (Wildman–Crippen LogP) is 2.40. The van der Waals surface area contributed by atoms with E-state index in [1.165, 1.54) is 0 Å². The molecular weight excluding hydrogens is 186 g/mol. The predicted molar refractivity (Wildman–Crippen MR) is 63.6 cm³/mol. The molecule has 2 N–H and O–H groups in total. The molecule has 3 nitrogen and oxygen atoms in total. The van der Waals surface area contributed by atoms with Crippen molar-refractivity contribution in [1.82, 2.24) is 0 Å². The second-order valence-electron chi connectivity index (χ2n) is 3.43. The average Bonchev–Trinajstić information content (AvgIpc) is 2.25. The van der Waals surface area contributed by atoms with Crippen molar-refractivity contribution in [3.05, 3.63) is 24.3 Å². The Balaban J connectivity index is 2.97. The van der Waals surface area contributed by atoms with Crippen LogP contribution in [0.1, 0.15) is 20.3 Å². The Morgan fingerprint density at radius 3 is 2.67 bits per heavy atom. The third-order valence-electron chi connectivity index (χ3n) is 2.45. The van der Waals surface area contributed by atoms with E-state index in [0.29, 0.717) is 0 Å². The molecule has 1 atom stereocenters. The SMILES string of the molecule is CCC(C#N)N(CC)c1cccc(N)c1. The molecule has 0 heterocycles. The van der Waals surface area contributed by atoms with E-state index in [0.717, 1.165) is 24.3 Å². The first-order valence-corrected chi connectivity index (χ1v) is 5.24. The van der Waals surface area contributed by atoms with Gasteiger partial charge in [-0.2, -0.15) is 5.26 Å². The number of hydrogen-bond acceptors (Lipinski definition) is 3. The van der Waals surface area contributed by atoms with Gasteiger partial charge in [-0.1, -0.05) is 13.0 Å². The number of anilines is 2. The van der Waals surface area contributed by atoms with Crippen LogP contribution >= 0.6 is 0 Å². The molecule has 80 valence electrons. The summed E-state index contributed by atoms with van der Waals surface area (Å²) in [6, 6.07) is 9.89. The number of benzene rings is 1. The standard InChI is InChI=1S/C12H17N3/c1-3-11(9-13)15(4-2)12-7-5-6-10(14)8-12/h5-8,11H,3-4,14H2,1-2H3. The van der Waals surface area contributed by atoms with E-state index in [1.54, 1.807) is 0 Å². The summed E-state index contributed by atoms with van der Waals surface area (Å²) >= 11 is 0. The van der Waals surface area contributed by atoms with Crippen LogP contribution in [0, 0.1) is 11.3 Å². The van der Waals surface area contributed by atoms with Gasteiger partial charge in [-0.15, -0.1) is 0 Å². The lowest BCUT2D eigenvalue weighted by Crippen LogP contribution is -2.33. The molecule has 15 heavy (non-hydrogen) atoms. The van der Waals surface area contributed by atoms with Gasteiger partial charge in [0.1, 0.15) is 6.04 Å². The summed E-state index contributed by atoms with van der Waals surface area (Å²) in [5.74, 6) is 0. The van der Waals surface area contributed by atoms with Crippen molar-refractivity contribution in [2.75, 3.05) is 17.2 Å². The monoisotopic (exact) mass is 203 g/mol. The van der Waals surface area contributed by atoms with E-state index in [9.17, 15) is 0 Å². The Morgan fingerprint density at radius 1 is 1.47 bits per heavy atom. The summed E-state index contributed by atoms with van der Waals surface area (Å²) in [6.45, 7) is 4.88. The van der Waals surface area contributed by atoms with Gasteiger partial charge in [0.2, 0.25) is 0 Å². The van der Waals surface area contributed by atoms with Gasteiger partial charge in [-0.3, -0.25) is 0 Å². The van der Waals surface area contributed by atoms with E-state index in [-0.39, 0.29) is 6.04 Å². The van der Waals surface area contributed by atoms with Gasteiger partial charge in [-0.05, 0) is 31.5 Å². The maximum Gasteiger partial charge on any atom is 0.116 e. The van der Waals surface area contributed by atoms with Gasteiger partial charge in [0.15, 0.2) is 0 Å². The van der Waals surface area contributed by atoms with Crippen LogP contribution in [0.5, 0.6) is 0 Å². The molecule has 0 radical (unpaired) electrons. The quantitative estimate of drug-likeness (QED) is 0.764.